The number of azo groups is 1. The average Bonchev–Trinajstić information content (AvgIpc) is 2.87. The predicted molar refractivity (Wildman–Crippen MR) is 89.9 cm³/mol. The Kier molecular flexibility index (Phi) is 4.14. The largest absolute Gasteiger partial charge is 0.283 e. The van der Waals surface area contributed by atoms with Gasteiger partial charge in [0.1, 0.15) is 11.3 Å². The van der Waals surface area contributed by atoms with E-state index in [1.165, 1.54) is 0 Å². The van der Waals surface area contributed by atoms with E-state index in [9.17, 15) is 0 Å². The third-order valence-corrected chi connectivity index (χ3v) is 3.79. The van der Waals surface area contributed by atoms with Crippen LogP contribution in [0.3, 0.4) is 0 Å². The van der Waals surface area contributed by atoms with Gasteiger partial charge in [0.25, 0.3) is 0 Å². The van der Waals surface area contributed by atoms with Crippen LogP contribution in [0.2, 0.25) is 10.0 Å². The Morgan fingerprint density at radius 3 is 2.68 bits per heavy atom. The lowest BCUT2D eigenvalue weighted by atomic mass is 10.1. The summed E-state index contributed by atoms with van der Waals surface area (Å²) in [5.74, 6) is 0.949. The summed E-state index contributed by atoms with van der Waals surface area (Å²) in [7, 11) is 0. The number of fused-ring (bicyclic) bond motifs is 1. The van der Waals surface area contributed by atoms with E-state index in [-0.39, 0.29) is 5.92 Å². The van der Waals surface area contributed by atoms with Crippen LogP contribution in [0, 0.1) is 0 Å². The van der Waals surface area contributed by atoms with E-state index in [4.69, 9.17) is 23.2 Å². The van der Waals surface area contributed by atoms with Crippen LogP contribution in [-0.2, 0) is 0 Å². The molecule has 0 bridgehead atoms. The number of aromatic nitrogens is 2. The first-order chi connectivity index (χ1) is 10.6. The maximum absolute atomic E-state index is 6.12. The van der Waals surface area contributed by atoms with Crippen molar-refractivity contribution in [2.45, 2.75) is 19.8 Å². The first-order valence-corrected chi connectivity index (χ1v) is 7.65. The fourth-order valence-corrected chi connectivity index (χ4v) is 2.47. The number of nitrogens with zero attached hydrogens (tertiary/aromatic N) is 4. The van der Waals surface area contributed by atoms with E-state index in [1.54, 1.807) is 18.2 Å². The van der Waals surface area contributed by atoms with Crippen LogP contribution in [0.4, 0.5) is 11.5 Å². The highest BCUT2D eigenvalue weighted by Gasteiger charge is 2.14. The molecule has 0 atom stereocenters. The quantitative estimate of drug-likeness (QED) is 0.528. The van der Waals surface area contributed by atoms with Gasteiger partial charge in [-0.3, -0.25) is 4.40 Å². The number of halogens is 2. The second kappa shape index (κ2) is 6.07. The van der Waals surface area contributed by atoms with Crippen LogP contribution in [0.15, 0.2) is 52.8 Å². The van der Waals surface area contributed by atoms with Crippen LogP contribution in [-0.4, -0.2) is 9.38 Å². The Balaban J connectivity index is 2.11. The van der Waals surface area contributed by atoms with Crippen molar-refractivity contribution in [1.29, 1.82) is 0 Å². The molecule has 0 saturated heterocycles. The summed E-state index contributed by atoms with van der Waals surface area (Å²) in [5.41, 5.74) is 2.28. The summed E-state index contributed by atoms with van der Waals surface area (Å²) in [4.78, 5) is 4.61. The number of pyridine rings is 1. The Morgan fingerprint density at radius 2 is 1.91 bits per heavy atom. The molecule has 0 radical (unpaired) electrons. The predicted octanol–water partition coefficient (Wildman–Crippen LogP) is 6.18. The molecule has 6 heteroatoms. The molecular weight excluding hydrogens is 319 g/mol. The Labute approximate surface area is 138 Å². The van der Waals surface area contributed by atoms with Gasteiger partial charge >= 0.3 is 0 Å². The second-order valence-corrected chi connectivity index (χ2v) is 6.04. The molecule has 3 rings (SSSR count). The van der Waals surface area contributed by atoms with E-state index < -0.39 is 0 Å². The highest BCUT2D eigenvalue weighted by Crippen LogP contribution is 2.32. The van der Waals surface area contributed by atoms with Gasteiger partial charge in [-0.1, -0.05) is 43.1 Å². The van der Waals surface area contributed by atoms with Crippen molar-refractivity contribution in [3.63, 3.8) is 0 Å². The first-order valence-electron chi connectivity index (χ1n) is 6.90. The summed E-state index contributed by atoms with van der Waals surface area (Å²) in [6.07, 6.45) is 1.92. The molecule has 4 nitrogen and oxygen atoms in total. The molecule has 0 N–H and O–H groups in total. The van der Waals surface area contributed by atoms with Crippen molar-refractivity contribution < 1.29 is 0 Å². The molecule has 1 aromatic carbocycles. The molecule has 22 heavy (non-hydrogen) atoms. The molecule has 0 aliphatic heterocycles. The molecule has 0 amide bonds. The van der Waals surface area contributed by atoms with Gasteiger partial charge in [0, 0.05) is 11.2 Å². The Morgan fingerprint density at radius 1 is 1.09 bits per heavy atom. The molecular formula is C16H14Cl2N4. The minimum absolute atomic E-state index is 0.240. The number of hydrogen-bond acceptors (Lipinski definition) is 3. The number of hydrogen-bond donors (Lipinski definition) is 0. The normalized spacial score (nSPS) is 11.9. The fraction of sp³-hybridized carbons (Fsp3) is 0.188. The number of imidazole rings is 1. The Bertz CT molecular complexity index is 852. The highest BCUT2D eigenvalue weighted by atomic mass is 35.5. The van der Waals surface area contributed by atoms with Crippen molar-refractivity contribution in [3.8, 4) is 0 Å². The molecule has 0 spiro atoms. The molecule has 2 heterocycles. The van der Waals surface area contributed by atoms with Crippen LogP contribution in [0.25, 0.3) is 5.65 Å². The van der Waals surface area contributed by atoms with Crippen molar-refractivity contribution in [2.24, 2.45) is 10.2 Å². The maximum Gasteiger partial charge on any atom is 0.183 e. The zero-order chi connectivity index (χ0) is 15.7. The molecule has 3 aromatic rings. The van der Waals surface area contributed by atoms with Gasteiger partial charge in [-0.15, -0.1) is 10.2 Å². The summed E-state index contributed by atoms with van der Waals surface area (Å²) in [6.45, 7) is 4.15. The summed E-state index contributed by atoms with van der Waals surface area (Å²) >= 11 is 12.1. The second-order valence-electron chi connectivity index (χ2n) is 5.20. The monoisotopic (exact) mass is 332 g/mol. The molecule has 0 aliphatic rings. The summed E-state index contributed by atoms with van der Waals surface area (Å²) < 4.78 is 1.91. The number of rotatable bonds is 3. The van der Waals surface area contributed by atoms with Crippen molar-refractivity contribution in [1.82, 2.24) is 9.38 Å². The van der Waals surface area contributed by atoms with Gasteiger partial charge in [0.05, 0.1) is 10.7 Å². The van der Waals surface area contributed by atoms with E-state index in [0.717, 1.165) is 11.3 Å². The molecule has 112 valence electrons. The first kappa shape index (κ1) is 15.0. The fourth-order valence-electron chi connectivity index (χ4n) is 2.15. The molecule has 0 fully saturated rings. The van der Waals surface area contributed by atoms with Crippen molar-refractivity contribution >= 4 is 40.4 Å². The van der Waals surface area contributed by atoms with E-state index in [2.05, 4.69) is 29.1 Å². The third-order valence-electron chi connectivity index (χ3n) is 3.24. The third kappa shape index (κ3) is 2.85. The van der Waals surface area contributed by atoms with Crippen LogP contribution in [0.5, 0.6) is 0 Å². The van der Waals surface area contributed by atoms with Crippen LogP contribution in [0.1, 0.15) is 25.5 Å². The highest BCUT2D eigenvalue weighted by molar-refractivity contribution is 6.35. The lowest BCUT2D eigenvalue weighted by Crippen LogP contribution is -1.87. The zero-order valence-corrected chi connectivity index (χ0v) is 13.7. The maximum atomic E-state index is 6.12. The Hall–Kier alpha value is -1.91. The van der Waals surface area contributed by atoms with Gasteiger partial charge < -0.3 is 0 Å². The smallest absolute Gasteiger partial charge is 0.183 e. The van der Waals surface area contributed by atoms with E-state index in [1.807, 2.05) is 28.8 Å². The summed E-state index contributed by atoms with van der Waals surface area (Å²) in [5, 5.41) is 9.70. The van der Waals surface area contributed by atoms with E-state index in [0.29, 0.717) is 21.6 Å². The van der Waals surface area contributed by atoms with Gasteiger partial charge in [-0.05, 0) is 36.2 Å². The van der Waals surface area contributed by atoms with Crippen LogP contribution < -0.4 is 0 Å². The average molecular weight is 333 g/mol. The minimum Gasteiger partial charge on any atom is -0.283 e. The van der Waals surface area contributed by atoms with Gasteiger partial charge in [0.2, 0.25) is 0 Å². The van der Waals surface area contributed by atoms with Crippen molar-refractivity contribution in [2.75, 3.05) is 0 Å². The van der Waals surface area contributed by atoms with Gasteiger partial charge in [-0.2, -0.15) is 0 Å². The minimum atomic E-state index is 0.240. The molecule has 0 aliphatic carbocycles. The lowest BCUT2D eigenvalue weighted by molar-refractivity contribution is 0.831. The van der Waals surface area contributed by atoms with Crippen molar-refractivity contribution in [3.05, 3.63) is 58.3 Å². The van der Waals surface area contributed by atoms with Gasteiger partial charge in [-0.25, -0.2) is 4.98 Å². The standard InChI is InChI=1S/C16H14Cl2N4/c1-10(2)15-16(22-8-4-3-5-14(22)19-15)21-20-13-9-11(17)6-7-12(13)18/h3-10H,1-2H3. The zero-order valence-electron chi connectivity index (χ0n) is 12.2. The molecule has 0 saturated carbocycles. The SMILES string of the molecule is CC(C)c1nc2ccccn2c1N=Nc1cc(Cl)ccc1Cl. The number of benzene rings is 1. The topological polar surface area (TPSA) is 42.0 Å². The lowest BCUT2D eigenvalue weighted by Gasteiger charge is -2.02. The van der Waals surface area contributed by atoms with E-state index >= 15 is 0 Å². The molecule has 2 aromatic heterocycles. The van der Waals surface area contributed by atoms with Gasteiger partial charge in [0.15, 0.2) is 5.82 Å². The van der Waals surface area contributed by atoms with Crippen LogP contribution >= 0.6 is 23.2 Å². The molecule has 0 unspecified atom stereocenters. The summed E-state index contributed by atoms with van der Waals surface area (Å²) in [6, 6.07) is 10.9.